The third kappa shape index (κ3) is 4.85. The van der Waals surface area contributed by atoms with Crippen molar-refractivity contribution in [1.29, 1.82) is 0 Å². The molecule has 1 heterocycles. The van der Waals surface area contributed by atoms with Gasteiger partial charge in [-0.2, -0.15) is 4.31 Å². The molecule has 9 heteroatoms. The van der Waals surface area contributed by atoms with E-state index in [1.165, 1.54) is 43.8 Å². The Balaban J connectivity index is 2.04. The molecule has 1 aliphatic carbocycles. The quantitative estimate of drug-likeness (QED) is 0.587. The van der Waals surface area contributed by atoms with Crippen molar-refractivity contribution >= 4 is 21.9 Å². The second-order valence-electron chi connectivity index (χ2n) is 6.68. The van der Waals surface area contributed by atoms with Crippen LogP contribution in [0.4, 0.5) is 0 Å². The second-order valence-corrected chi connectivity index (χ2v) is 8.73. The van der Waals surface area contributed by atoms with Crippen molar-refractivity contribution < 1.29 is 22.7 Å². The summed E-state index contributed by atoms with van der Waals surface area (Å²) in [4.78, 5) is 23.8. The molecule has 26 heavy (non-hydrogen) atoms. The van der Waals surface area contributed by atoms with Gasteiger partial charge in [-0.3, -0.25) is 4.79 Å². The number of nitrogens with zero attached hydrogens (tertiary/aromatic N) is 2. The highest BCUT2D eigenvalue weighted by molar-refractivity contribution is 7.89. The van der Waals surface area contributed by atoms with Gasteiger partial charge in [0.15, 0.2) is 0 Å². The van der Waals surface area contributed by atoms with Crippen molar-refractivity contribution in [2.75, 3.05) is 20.7 Å². The summed E-state index contributed by atoms with van der Waals surface area (Å²) in [5, 5.41) is 2.93. The van der Waals surface area contributed by atoms with E-state index in [2.05, 4.69) is 10.1 Å². The van der Waals surface area contributed by atoms with Crippen LogP contribution in [0.25, 0.3) is 0 Å². The number of ether oxygens (including phenoxy) is 1. The van der Waals surface area contributed by atoms with Crippen molar-refractivity contribution in [2.24, 2.45) is 7.05 Å². The standard InChI is InChI=1S/C17H27N3O5S/c1-19-11-14(10-15(19)17(22)25-3)26(23,24)20(2)12-16(21)18-13-8-6-4-5-7-9-13/h10-11,13H,4-9,12H2,1-3H3,(H,18,21). The molecule has 0 spiro atoms. The summed E-state index contributed by atoms with van der Waals surface area (Å²) >= 11 is 0. The van der Waals surface area contributed by atoms with E-state index in [0.717, 1.165) is 30.0 Å². The molecule has 1 fully saturated rings. The molecule has 0 radical (unpaired) electrons. The Kier molecular flexibility index (Phi) is 6.82. The first-order valence-corrected chi connectivity index (χ1v) is 10.2. The number of hydrogen-bond acceptors (Lipinski definition) is 5. The topological polar surface area (TPSA) is 97.7 Å². The molecule has 1 aromatic heterocycles. The molecule has 8 nitrogen and oxygen atoms in total. The number of rotatable bonds is 6. The van der Waals surface area contributed by atoms with Gasteiger partial charge in [0.05, 0.1) is 13.7 Å². The van der Waals surface area contributed by atoms with Crippen LogP contribution in [0.15, 0.2) is 17.2 Å². The van der Waals surface area contributed by atoms with E-state index in [1.807, 2.05) is 0 Å². The minimum absolute atomic E-state index is 0.0508. The van der Waals surface area contributed by atoms with Gasteiger partial charge in [-0.25, -0.2) is 13.2 Å². The van der Waals surface area contributed by atoms with Gasteiger partial charge in [0, 0.05) is 26.3 Å². The normalized spacial score (nSPS) is 16.3. The Morgan fingerprint density at radius 2 is 1.88 bits per heavy atom. The summed E-state index contributed by atoms with van der Waals surface area (Å²) in [5.41, 5.74) is 0.127. The maximum Gasteiger partial charge on any atom is 0.354 e. The Morgan fingerprint density at radius 3 is 2.46 bits per heavy atom. The number of carbonyl (C=O) groups excluding carboxylic acids is 2. The van der Waals surface area contributed by atoms with Crippen LogP contribution in [0.1, 0.15) is 49.0 Å². The highest BCUT2D eigenvalue weighted by Crippen LogP contribution is 2.19. The molecule has 0 unspecified atom stereocenters. The van der Waals surface area contributed by atoms with Crippen molar-refractivity contribution in [3.63, 3.8) is 0 Å². The van der Waals surface area contributed by atoms with Crippen molar-refractivity contribution in [3.8, 4) is 0 Å². The van der Waals surface area contributed by atoms with E-state index in [4.69, 9.17) is 0 Å². The van der Waals surface area contributed by atoms with E-state index in [-0.39, 0.29) is 29.1 Å². The number of hydrogen-bond donors (Lipinski definition) is 1. The lowest BCUT2D eigenvalue weighted by Crippen LogP contribution is -2.42. The molecule has 1 aromatic rings. The summed E-state index contributed by atoms with van der Waals surface area (Å²) < 4.78 is 32.4. The van der Waals surface area contributed by atoms with Crippen molar-refractivity contribution in [3.05, 3.63) is 18.0 Å². The van der Waals surface area contributed by atoms with Gasteiger partial charge in [-0.15, -0.1) is 0 Å². The number of aryl methyl sites for hydroxylation is 1. The fraction of sp³-hybridized carbons (Fsp3) is 0.647. The minimum atomic E-state index is -3.88. The SMILES string of the molecule is COC(=O)c1cc(S(=O)(=O)N(C)CC(=O)NC2CCCCCC2)cn1C. The number of likely N-dealkylation sites (N-methyl/N-ethyl adjacent to an activating group) is 1. The number of carbonyl (C=O) groups is 2. The first kappa shape index (κ1) is 20.4. The van der Waals surface area contributed by atoms with Gasteiger partial charge in [-0.05, 0) is 18.9 Å². The van der Waals surface area contributed by atoms with Crippen LogP contribution >= 0.6 is 0 Å². The molecule has 0 atom stereocenters. The minimum Gasteiger partial charge on any atom is -0.464 e. The fourth-order valence-corrected chi connectivity index (χ4v) is 4.35. The average molecular weight is 385 g/mol. The summed E-state index contributed by atoms with van der Waals surface area (Å²) in [6, 6.07) is 1.37. The predicted octanol–water partition coefficient (Wildman–Crippen LogP) is 1.27. The molecule has 1 aliphatic rings. The fourth-order valence-electron chi connectivity index (χ4n) is 3.15. The van der Waals surface area contributed by atoms with Crippen molar-refractivity contribution in [1.82, 2.24) is 14.2 Å². The van der Waals surface area contributed by atoms with Gasteiger partial charge in [-0.1, -0.05) is 25.7 Å². The van der Waals surface area contributed by atoms with E-state index in [9.17, 15) is 18.0 Å². The first-order chi connectivity index (χ1) is 12.3. The van der Waals surface area contributed by atoms with Crippen LogP contribution in [0.3, 0.4) is 0 Å². The van der Waals surface area contributed by atoms with Crippen LogP contribution in [-0.2, 0) is 26.6 Å². The third-order valence-electron chi connectivity index (χ3n) is 4.67. The molecule has 1 saturated carbocycles. The van der Waals surface area contributed by atoms with E-state index < -0.39 is 16.0 Å². The Labute approximate surface area is 154 Å². The van der Waals surface area contributed by atoms with Gasteiger partial charge in [0.25, 0.3) is 0 Å². The van der Waals surface area contributed by atoms with Crippen LogP contribution in [0, 0.1) is 0 Å². The molecule has 0 bridgehead atoms. The largest absolute Gasteiger partial charge is 0.464 e. The van der Waals surface area contributed by atoms with E-state index >= 15 is 0 Å². The number of esters is 1. The Hall–Kier alpha value is -1.87. The lowest BCUT2D eigenvalue weighted by Gasteiger charge is -2.20. The van der Waals surface area contributed by atoms with Crippen LogP contribution in [-0.4, -0.2) is 55.9 Å². The monoisotopic (exact) mass is 385 g/mol. The third-order valence-corrected chi connectivity index (χ3v) is 6.44. The van der Waals surface area contributed by atoms with Gasteiger partial charge < -0.3 is 14.6 Å². The number of nitrogens with one attached hydrogen (secondary N) is 1. The lowest BCUT2D eigenvalue weighted by atomic mass is 10.1. The second kappa shape index (κ2) is 8.68. The first-order valence-electron chi connectivity index (χ1n) is 8.76. The molecular weight excluding hydrogens is 358 g/mol. The number of sulfonamides is 1. The maximum atomic E-state index is 12.7. The van der Waals surface area contributed by atoms with Gasteiger partial charge in [0.2, 0.25) is 15.9 Å². The maximum absolute atomic E-state index is 12.7. The molecule has 1 N–H and O–H groups in total. The predicted molar refractivity (Wildman–Crippen MR) is 96.2 cm³/mol. The van der Waals surface area contributed by atoms with Crippen LogP contribution < -0.4 is 5.32 Å². The summed E-state index contributed by atoms with van der Waals surface area (Å²) in [7, 11) is 0.262. The average Bonchev–Trinajstić information content (AvgIpc) is 2.81. The zero-order valence-electron chi connectivity index (χ0n) is 15.5. The number of amides is 1. The molecular formula is C17H27N3O5S. The highest BCUT2D eigenvalue weighted by Gasteiger charge is 2.27. The van der Waals surface area contributed by atoms with E-state index in [0.29, 0.717) is 0 Å². The molecule has 146 valence electrons. The zero-order chi connectivity index (χ0) is 19.3. The zero-order valence-corrected chi connectivity index (χ0v) is 16.3. The Bertz CT molecular complexity index is 748. The molecule has 0 aromatic carbocycles. The molecule has 0 aliphatic heterocycles. The summed E-state index contributed by atoms with van der Waals surface area (Å²) in [6.45, 7) is -0.263. The lowest BCUT2D eigenvalue weighted by molar-refractivity contribution is -0.121. The van der Waals surface area contributed by atoms with E-state index in [1.54, 1.807) is 7.05 Å². The smallest absolute Gasteiger partial charge is 0.354 e. The highest BCUT2D eigenvalue weighted by atomic mass is 32.2. The van der Waals surface area contributed by atoms with Gasteiger partial charge in [0.1, 0.15) is 10.6 Å². The summed E-state index contributed by atoms with van der Waals surface area (Å²) in [6.07, 6.45) is 7.72. The molecule has 2 rings (SSSR count). The van der Waals surface area contributed by atoms with Gasteiger partial charge >= 0.3 is 5.97 Å². The van der Waals surface area contributed by atoms with Crippen LogP contribution in [0.2, 0.25) is 0 Å². The Morgan fingerprint density at radius 1 is 1.27 bits per heavy atom. The van der Waals surface area contributed by atoms with Crippen LogP contribution in [0.5, 0.6) is 0 Å². The molecule has 1 amide bonds. The van der Waals surface area contributed by atoms with Crippen molar-refractivity contribution in [2.45, 2.75) is 49.5 Å². The number of aromatic nitrogens is 1. The summed E-state index contributed by atoms with van der Waals surface area (Å²) in [5.74, 6) is -0.935. The number of methoxy groups -OCH3 is 1. The molecule has 0 saturated heterocycles.